The lowest BCUT2D eigenvalue weighted by molar-refractivity contribution is -0.146. The minimum atomic E-state index is -0.764. The Labute approximate surface area is 207 Å². The Morgan fingerprint density at radius 1 is 1.44 bits per heavy atom. The van der Waals surface area contributed by atoms with Crippen LogP contribution in [0.1, 0.15) is 30.9 Å². The average Bonchev–Trinajstić information content (AvgIpc) is 3.36. The van der Waals surface area contributed by atoms with Crippen LogP contribution in [-0.4, -0.2) is 53.5 Å². The number of hydrogen-bond acceptors (Lipinski definition) is 7. The lowest BCUT2D eigenvalue weighted by Crippen LogP contribution is -2.44. The molecule has 3 N–H and O–H groups in total. The summed E-state index contributed by atoms with van der Waals surface area (Å²) in [5.41, 5.74) is 7.54. The van der Waals surface area contributed by atoms with Crippen molar-refractivity contribution in [2.45, 2.75) is 29.5 Å². The molecule has 1 aliphatic heterocycles. The van der Waals surface area contributed by atoms with Crippen molar-refractivity contribution in [2.24, 2.45) is 17.6 Å². The molecule has 9 heteroatoms. The number of thioether (sulfide) groups is 1. The van der Waals surface area contributed by atoms with Crippen LogP contribution in [0.4, 0.5) is 4.39 Å². The van der Waals surface area contributed by atoms with Gasteiger partial charge in [-0.05, 0) is 61.4 Å². The number of pyridine rings is 1. The maximum atomic E-state index is 14.8. The summed E-state index contributed by atoms with van der Waals surface area (Å²) in [7, 11) is 1.56. The smallest absolute Gasteiger partial charge is 0.308 e. The highest BCUT2D eigenvalue weighted by molar-refractivity contribution is 8.01. The van der Waals surface area contributed by atoms with Gasteiger partial charge in [0.2, 0.25) is 0 Å². The third-order valence-electron chi connectivity index (χ3n) is 6.59. The van der Waals surface area contributed by atoms with E-state index in [4.69, 9.17) is 10.5 Å². The Kier molecular flexibility index (Phi) is 8.41. The van der Waals surface area contributed by atoms with Crippen LogP contribution >= 0.6 is 23.1 Å². The number of nitrogens with zero attached hydrogens (tertiary/aromatic N) is 2. The summed E-state index contributed by atoms with van der Waals surface area (Å²) in [4.78, 5) is 18.5. The molecule has 182 valence electrons. The molecule has 4 rings (SSSR count). The highest BCUT2D eigenvalue weighted by Crippen LogP contribution is 2.34. The fourth-order valence-corrected chi connectivity index (χ4v) is 6.59. The predicted molar refractivity (Wildman–Crippen MR) is 135 cm³/mol. The van der Waals surface area contributed by atoms with Gasteiger partial charge in [0.05, 0.1) is 29.0 Å². The van der Waals surface area contributed by atoms with Gasteiger partial charge in [-0.1, -0.05) is 6.07 Å². The van der Waals surface area contributed by atoms with Crippen molar-refractivity contribution in [3.8, 4) is 5.75 Å². The second-order valence-electron chi connectivity index (χ2n) is 8.66. The zero-order valence-corrected chi connectivity index (χ0v) is 20.8. The third-order valence-corrected chi connectivity index (χ3v) is 8.70. The number of likely N-dealkylation sites (tertiary alicyclic amines) is 1. The van der Waals surface area contributed by atoms with E-state index >= 15 is 0 Å². The van der Waals surface area contributed by atoms with Crippen molar-refractivity contribution < 1.29 is 19.0 Å². The second kappa shape index (κ2) is 11.5. The molecule has 0 spiro atoms. The number of carbonyl (C=O) groups is 1. The molecule has 1 fully saturated rings. The normalized spacial score (nSPS) is 19.9. The van der Waals surface area contributed by atoms with Gasteiger partial charge in [0.15, 0.2) is 0 Å². The monoisotopic (exact) mass is 503 g/mol. The molecule has 0 unspecified atom stereocenters. The van der Waals surface area contributed by atoms with Crippen molar-refractivity contribution in [2.75, 3.05) is 32.5 Å². The summed E-state index contributed by atoms with van der Waals surface area (Å²) >= 11 is 3.54. The molecule has 3 aromatic rings. The molecule has 0 bridgehead atoms. The number of benzene rings is 1. The molecule has 3 heterocycles. The zero-order valence-electron chi connectivity index (χ0n) is 19.2. The lowest BCUT2D eigenvalue weighted by Gasteiger charge is -2.37. The van der Waals surface area contributed by atoms with Crippen molar-refractivity contribution in [3.63, 3.8) is 0 Å². The minimum absolute atomic E-state index is 0.0236. The van der Waals surface area contributed by atoms with E-state index in [9.17, 15) is 14.3 Å². The summed E-state index contributed by atoms with van der Waals surface area (Å²) in [6.45, 7) is 2.29. The molecule has 1 aromatic carbocycles. The van der Waals surface area contributed by atoms with Gasteiger partial charge in [-0.15, -0.1) is 23.1 Å². The first-order valence-electron chi connectivity index (χ1n) is 11.5. The number of fused-ring (bicyclic) bond motifs is 1. The number of methoxy groups -OCH3 is 1. The first-order valence-corrected chi connectivity index (χ1v) is 13.3. The average molecular weight is 504 g/mol. The molecule has 0 aliphatic carbocycles. The molecule has 6 nitrogen and oxygen atoms in total. The van der Waals surface area contributed by atoms with E-state index in [-0.39, 0.29) is 5.92 Å². The Morgan fingerprint density at radius 2 is 2.29 bits per heavy atom. The van der Waals surface area contributed by atoms with Crippen LogP contribution in [0, 0.1) is 17.7 Å². The standard InChI is InChI=1S/C25H30FN3O3S2/c1-32-17-5-7-22-18(13-17)24(20(26)14-28-22)21(27)6-4-16-8-9-29(15-19(16)25(30)31)10-12-34-23-3-2-11-33-23/h2-3,5,7,11,13-14,16,19,21H,4,6,8-10,12,15,27H2,1H3,(H,30,31)/t16-,19+,21-/m0/s1. The summed E-state index contributed by atoms with van der Waals surface area (Å²) in [6.07, 6.45) is 3.16. The van der Waals surface area contributed by atoms with E-state index in [1.807, 2.05) is 17.8 Å². The first kappa shape index (κ1) is 24.9. The van der Waals surface area contributed by atoms with Crippen molar-refractivity contribution >= 4 is 40.0 Å². The van der Waals surface area contributed by atoms with Crippen LogP contribution in [0.25, 0.3) is 10.9 Å². The summed E-state index contributed by atoms with van der Waals surface area (Å²) < 4.78 is 21.3. The van der Waals surface area contributed by atoms with E-state index in [0.717, 1.165) is 25.3 Å². The van der Waals surface area contributed by atoms with Crippen LogP contribution in [0.2, 0.25) is 0 Å². The molecule has 1 saturated heterocycles. The molecule has 2 aromatic heterocycles. The van der Waals surface area contributed by atoms with Gasteiger partial charge in [-0.3, -0.25) is 9.78 Å². The number of nitrogens with two attached hydrogens (primary N) is 1. The van der Waals surface area contributed by atoms with Gasteiger partial charge < -0.3 is 20.5 Å². The van der Waals surface area contributed by atoms with Crippen LogP contribution in [0.3, 0.4) is 0 Å². The number of carboxylic acids is 1. The van der Waals surface area contributed by atoms with Gasteiger partial charge in [0.1, 0.15) is 11.6 Å². The minimum Gasteiger partial charge on any atom is -0.497 e. The van der Waals surface area contributed by atoms with Crippen molar-refractivity contribution in [1.82, 2.24) is 9.88 Å². The molecule has 34 heavy (non-hydrogen) atoms. The predicted octanol–water partition coefficient (Wildman–Crippen LogP) is 5.04. The highest BCUT2D eigenvalue weighted by Gasteiger charge is 2.34. The first-order chi connectivity index (χ1) is 16.5. The second-order valence-corrected chi connectivity index (χ2v) is 11.0. The number of rotatable bonds is 10. The van der Waals surface area contributed by atoms with Crippen LogP contribution in [0.5, 0.6) is 5.75 Å². The van der Waals surface area contributed by atoms with Gasteiger partial charge >= 0.3 is 5.97 Å². The molecule has 0 radical (unpaired) electrons. The van der Waals surface area contributed by atoms with E-state index in [0.29, 0.717) is 41.6 Å². The number of halogens is 1. The molecule has 1 aliphatic rings. The molecular formula is C25H30FN3O3S2. The maximum absolute atomic E-state index is 14.8. The van der Waals surface area contributed by atoms with Crippen molar-refractivity contribution in [3.05, 3.63) is 53.3 Å². The quantitative estimate of drug-likeness (QED) is 0.375. The van der Waals surface area contributed by atoms with Gasteiger partial charge in [0, 0.05) is 35.8 Å². The number of carboxylic acid groups (broad SMARTS) is 1. The number of aromatic nitrogens is 1. The van der Waals surface area contributed by atoms with Crippen LogP contribution in [0.15, 0.2) is 46.1 Å². The zero-order chi connectivity index (χ0) is 24.1. The highest BCUT2D eigenvalue weighted by atomic mass is 32.2. The van der Waals surface area contributed by atoms with E-state index < -0.39 is 23.7 Å². The van der Waals surface area contributed by atoms with E-state index in [1.165, 1.54) is 10.4 Å². The third kappa shape index (κ3) is 5.89. The fourth-order valence-electron chi connectivity index (χ4n) is 4.73. The summed E-state index contributed by atoms with van der Waals surface area (Å²) in [5, 5.41) is 12.6. The Bertz CT molecular complexity index is 1110. The SMILES string of the molecule is COc1ccc2ncc(F)c([C@@H](N)CC[C@H]3CCN(CCSc4cccs4)C[C@H]3C(=O)O)c2c1. The Morgan fingerprint density at radius 3 is 3.03 bits per heavy atom. The molecule has 3 atom stereocenters. The number of ether oxygens (including phenoxy) is 1. The Hall–Kier alpha value is -2.20. The summed E-state index contributed by atoms with van der Waals surface area (Å²) in [6, 6.07) is 8.93. The topological polar surface area (TPSA) is 88.7 Å². The molecular weight excluding hydrogens is 473 g/mol. The largest absolute Gasteiger partial charge is 0.497 e. The molecule has 0 amide bonds. The summed E-state index contributed by atoms with van der Waals surface area (Å²) in [5.74, 6) is -0.0630. The lowest BCUT2D eigenvalue weighted by atomic mass is 9.81. The maximum Gasteiger partial charge on any atom is 0.308 e. The van der Waals surface area contributed by atoms with Crippen LogP contribution < -0.4 is 10.5 Å². The number of hydrogen-bond donors (Lipinski definition) is 2. The molecule has 0 saturated carbocycles. The van der Waals surface area contributed by atoms with Crippen molar-refractivity contribution in [1.29, 1.82) is 0 Å². The van der Waals surface area contributed by atoms with Crippen LogP contribution in [-0.2, 0) is 4.79 Å². The Balaban J connectivity index is 1.38. The van der Waals surface area contributed by atoms with Gasteiger partial charge in [0.25, 0.3) is 0 Å². The van der Waals surface area contributed by atoms with Gasteiger partial charge in [-0.2, -0.15) is 0 Å². The van der Waals surface area contributed by atoms with Gasteiger partial charge in [-0.25, -0.2) is 4.39 Å². The number of piperidine rings is 1. The fraction of sp³-hybridized carbons (Fsp3) is 0.440. The number of aliphatic carboxylic acids is 1. The number of thiophene rings is 1. The van der Waals surface area contributed by atoms with E-state index in [2.05, 4.69) is 21.3 Å². The van der Waals surface area contributed by atoms with E-state index in [1.54, 1.807) is 36.6 Å².